The SMILES string of the molecule is CC(=O)OCC[C@@]12CCCC[C@@]13C=CO[C@@H](C2)O3. The fourth-order valence-corrected chi connectivity index (χ4v) is 3.82. The van der Waals surface area contributed by atoms with Crippen molar-refractivity contribution in [2.24, 2.45) is 5.41 Å². The van der Waals surface area contributed by atoms with Gasteiger partial charge in [0.1, 0.15) is 0 Å². The van der Waals surface area contributed by atoms with E-state index in [1.165, 1.54) is 19.8 Å². The number of ether oxygens (including phenoxy) is 3. The fraction of sp³-hybridized carbons (Fsp3) is 0.786. The lowest BCUT2D eigenvalue weighted by atomic mass is 9.61. The monoisotopic (exact) mass is 252 g/mol. The highest BCUT2D eigenvalue weighted by Gasteiger charge is 2.60. The van der Waals surface area contributed by atoms with Crippen LogP contribution in [0.25, 0.3) is 0 Å². The molecule has 1 saturated carbocycles. The lowest BCUT2D eigenvalue weighted by Gasteiger charge is -2.46. The molecule has 3 aliphatic rings. The molecule has 0 aromatic rings. The minimum Gasteiger partial charge on any atom is -0.473 e. The molecule has 0 radical (unpaired) electrons. The molecule has 0 aromatic carbocycles. The van der Waals surface area contributed by atoms with E-state index >= 15 is 0 Å². The van der Waals surface area contributed by atoms with Crippen LogP contribution in [0.5, 0.6) is 0 Å². The molecule has 4 nitrogen and oxygen atoms in total. The number of carbonyl (C=O) groups is 1. The quantitative estimate of drug-likeness (QED) is 0.724. The average Bonchev–Trinajstić information content (AvgIpc) is 2.55. The van der Waals surface area contributed by atoms with Gasteiger partial charge in [-0.1, -0.05) is 12.8 Å². The summed E-state index contributed by atoms with van der Waals surface area (Å²) in [5, 5.41) is 0. The van der Waals surface area contributed by atoms with Crippen molar-refractivity contribution >= 4 is 5.97 Å². The predicted molar refractivity (Wildman–Crippen MR) is 64.6 cm³/mol. The minimum atomic E-state index is -0.204. The van der Waals surface area contributed by atoms with E-state index in [2.05, 4.69) is 6.08 Å². The largest absolute Gasteiger partial charge is 0.473 e. The standard InChI is InChI=1S/C14H20O4/c1-11(15)16-8-6-13-4-2-3-5-14(13)7-9-17-12(10-13)18-14/h7,9,12H,2-6,8,10H2,1H3/t12-,13-,14-/m1/s1. The molecule has 2 bridgehead atoms. The van der Waals surface area contributed by atoms with E-state index in [4.69, 9.17) is 14.2 Å². The Bertz CT molecular complexity index is 378. The first kappa shape index (κ1) is 12.0. The predicted octanol–water partition coefficient (Wildman–Crippen LogP) is 2.53. The zero-order valence-corrected chi connectivity index (χ0v) is 10.8. The smallest absolute Gasteiger partial charge is 0.302 e. The number of carbonyl (C=O) groups excluding carboxylic acids is 1. The van der Waals surface area contributed by atoms with Gasteiger partial charge in [-0.3, -0.25) is 4.79 Å². The molecule has 0 aromatic heterocycles. The molecule has 1 saturated heterocycles. The second-order valence-electron chi connectivity index (χ2n) is 5.66. The average molecular weight is 252 g/mol. The van der Waals surface area contributed by atoms with Crippen molar-refractivity contribution in [1.82, 2.24) is 0 Å². The van der Waals surface area contributed by atoms with Gasteiger partial charge >= 0.3 is 5.97 Å². The summed E-state index contributed by atoms with van der Waals surface area (Å²) < 4.78 is 16.7. The fourth-order valence-electron chi connectivity index (χ4n) is 3.82. The van der Waals surface area contributed by atoms with Crippen LogP contribution in [0.15, 0.2) is 12.3 Å². The Balaban J connectivity index is 1.79. The summed E-state index contributed by atoms with van der Waals surface area (Å²) in [4.78, 5) is 10.9. The van der Waals surface area contributed by atoms with Gasteiger partial charge in [-0.25, -0.2) is 0 Å². The van der Waals surface area contributed by atoms with E-state index in [9.17, 15) is 4.79 Å². The zero-order chi connectivity index (χ0) is 12.6. The van der Waals surface area contributed by atoms with Crippen molar-refractivity contribution in [2.75, 3.05) is 6.61 Å². The van der Waals surface area contributed by atoms with E-state index in [1.807, 2.05) is 0 Å². The maximum absolute atomic E-state index is 10.9. The molecule has 2 fully saturated rings. The first-order chi connectivity index (χ1) is 8.66. The van der Waals surface area contributed by atoms with Crippen LogP contribution < -0.4 is 0 Å². The molecule has 18 heavy (non-hydrogen) atoms. The summed E-state index contributed by atoms with van der Waals surface area (Å²) in [6, 6.07) is 0. The molecule has 2 heterocycles. The van der Waals surface area contributed by atoms with Gasteiger partial charge in [0.25, 0.3) is 0 Å². The Morgan fingerprint density at radius 2 is 2.28 bits per heavy atom. The minimum absolute atomic E-state index is 0.0956. The van der Waals surface area contributed by atoms with Crippen LogP contribution in [0.3, 0.4) is 0 Å². The molecule has 3 atom stereocenters. The highest BCUT2D eigenvalue weighted by Crippen LogP contribution is 2.59. The highest BCUT2D eigenvalue weighted by molar-refractivity contribution is 5.65. The van der Waals surface area contributed by atoms with Crippen molar-refractivity contribution < 1.29 is 19.0 Å². The molecule has 0 amide bonds. The Labute approximate surface area is 107 Å². The molecule has 4 heteroatoms. The normalized spacial score (nSPS) is 41.1. The molecule has 1 spiro atoms. The van der Waals surface area contributed by atoms with Gasteiger partial charge in [0.05, 0.1) is 18.5 Å². The third-order valence-electron chi connectivity index (χ3n) is 4.70. The molecule has 2 aliphatic heterocycles. The van der Waals surface area contributed by atoms with Gasteiger partial charge in [-0.2, -0.15) is 0 Å². The Kier molecular flexibility index (Phi) is 2.85. The molecular weight excluding hydrogens is 232 g/mol. The summed E-state index contributed by atoms with van der Waals surface area (Å²) in [5.74, 6) is -0.204. The van der Waals surface area contributed by atoms with Crippen LogP contribution >= 0.6 is 0 Å². The van der Waals surface area contributed by atoms with Gasteiger partial charge < -0.3 is 14.2 Å². The first-order valence-electron chi connectivity index (χ1n) is 6.80. The van der Waals surface area contributed by atoms with Gasteiger partial charge in [0.15, 0.2) is 0 Å². The Morgan fingerprint density at radius 3 is 3.11 bits per heavy atom. The van der Waals surface area contributed by atoms with E-state index in [-0.39, 0.29) is 23.3 Å². The van der Waals surface area contributed by atoms with Crippen molar-refractivity contribution in [1.29, 1.82) is 0 Å². The maximum atomic E-state index is 10.9. The number of hydrogen-bond acceptors (Lipinski definition) is 4. The Morgan fingerprint density at radius 1 is 1.44 bits per heavy atom. The maximum Gasteiger partial charge on any atom is 0.302 e. The number of esters is 1. The lowest BCUT2D eigenvalue weighted by molar-refractivity contribution is -0.165. The van der Waals surface area contributed by atoms with Crippen LogP contribution in [-0.4, -0.2) is 24.5 Å². The first-order valence-corrected chi connectivity index (χ1v) is 6.80. The van der Waals surface area contributed by atoms with Crippen molar-refractivity contribution in [3.63, 3.8) is 0 Å². The van der Waals surface area contributed by atoms with E-state index in [0.29, 0.717) is 6.61 Å². The van der Waals surface area contributed by atoms with Crippen molar-refractivity contribution in [2.45, 2.75) is 57.3 Å². The van der Waals surface area contributed by atoms with Crippen LogP contribution in [-0.2, 0) is 19.0 Å². The van der Waals surface area contributed by atoms with Gasteiger partial charge in [0, 0.05) is 18.8 Å². The van der Waals surface area contributed by atoms with E-state index in [1.54, 1.807) is 6.26 Å². The molecule has 0 unspecified atom stereocenters. The summed E-state index contributed by atoms with van der Waals surface area (Å²) in [5.41, 5.74) is -0.0767. The molecule has 3 rings (SSSR count). The number of hydrogen-bond donors (Lipinski definition) is 0. The van der Waals surface area contributed by atoms with Gasteiger partial charge in [-0.05, 0) is 25.3 Å². The van der Waals surface area contributed by atoms with Crippen molar-refractivity contribution in [3.8, 4) is 0 Å². The lowest BCUT2D eigenvalue weighted by Crippen LogP contribution is -2.47. The third-order valence-corrected chi connectivity index (χ3v) is 4.70. The van der Waals surface area contributed by atoms with Crippen molar-refractivity contribution in [3.05, 3.63) is 12.3 Å². The second kappa shape index (κ2) is 4.26. The van der Waals surface area contributed by atoms with Gasteiger partial charge in [-0.15, -0.1) is 0 Å². The van der Waals surface area contributed by atoms with Gasteiger partial charge in [0.2, 0.25) is 6.29 Å². The number of rotatable bonds is 3. The summed E-state index contributed by atoms with van der Waals surface area (Å²) in [6.45, 7) is 1.95. The summed E-state index contributed by atoms with van der Waals surface area (Å²) in [6.07, 6.45) is 10.2. The van der Waals surface area contributed by atoms with Crippen LogP contribution in [0.4, 0.5) is 0 Å². The van der Waals surface area contributed by atoms with Crippen LogP contribution in [0.1, 0.15) is 45.4 Å². The van der Waals surface area contributed by atoms with Crippen LogP contribution in [0, 0.1) is 5.41 Å². The van der Waals surface area contributed by atoms with Crippen LogP contribution in [0.2, 0.25) is 0 Å². The third kappa shape index (κ3) is 1.74. The molecule has 1 aliphatic carbocycles. The number of fused-ring (bicyclic) bond motifs is 1. The topological polar surface area (TPSA) is 44.8 Å². The molecule has 100 valence electrons. The van der Waals surface area contributed by atoms with E-state index in [0.717, 1.165) is 25.7 Å². The van der Waals surface area contributed by atoms with E-state index < -0.39 is 0 Å². The summed E-state index contributed by atoms with van der Waals surface area (Å²) in [7, 11) is 0. The summed E-state index contributed by atoms with van der Waals surface area (Å²) >= 11 is 0. The Hall–Kier alpha value is -1.03. The molecule has 0 N–H and O–H groups in total. The molecular formula is C14H20O4. The highest BCUT2D eigenvalue weighted by atomic mass is 16.7. The second-order valence-corrected chi connectivity index (χ2v) is 5.66. The zero-order valence-electron chi connectivity index (χ0n) is 10.8.